The van der Waals surface area contributed by atoms with E-state index in [9.17, 15) is 19.5 Å². The van der Waals surface area contributed by atoms with Gasteiger partial charge in [-0.15, -0.1) is 0 Å². The van der Waals surface area contributed by atoms with Crippen molar-refractivity contribution in [2.75, 3.05) is 30.3 Å². The molecule has 6 rings (SSSR count). The highest BCUT2D eigenvalue weighted by Crippen LogP contribution is 2.40. The van der Waals surface area contributed by atoms with E-state index in [1.165, 1.54) is 0 Å². The SMILES string of the molecule is O=C(O)CN[C@@H]1CCCn2nc(C(=O)Nc3cccc(-c4cccc(NC(=O)c5ccc(CN6CC[C@@H](O)C6)cn5)c4Cl)c3Cl)cc21. The lowest BCUT2D eigenvalue weighted by Gasteiger charge is -2.23. The van der Waals surface area contributed by atoms with Crippen molar-refractivity contribution in [1.82, 2.24) is 25.0 Å². The zero-order chi connectivity index (χ0) is 33.1. The summed E-state index contributed by atoms with van der Waals surface area (Å²) in [4.78, 5) is 43.8. The van der Waals surface area contributed by atoms with Crippen LogP contribution >= 0.6 is 23.2 Å². The number of carbonyl (C=O) groups excluding carboxylic acids is 2. The number of hydrogen-bond donors (Lipinski definition) is 5. The smallest absolute Gasteiger partial charge is 0.317 e. The molecule has 12 nitrogen and oxygen atoms in total. The van der Waals surface area contributed by atoms with Gasteiger partial charge < -0.3 is 20.8 Å². The minimum atomic E-state index is -0.958. The second kappa shape index (κ2) is 14.2. The minimum Gasteiger partial charge on any atom is -0.480 e. The Morgan fingerprint density at radius 2 is 1.57 bits per heavy atom. The highest BCUT2D eigenvalue weighted by molar-refractivity contribution is 6.40. The van der Waals surface area contributed by atoms with Gasteiger partial charge in [-0.05, 0) is 49.1 Å². The number of nitrogens with one attached hydrogen (secondary N) is 3. The Morgan fingerprint density at radius 3 is 2.17 bits per heavy atom. The molecule has 0 unspecified atom stereocenters. The lowest BCUT2D eigenvalue weighted by atomic mass is 10.0. The summed E-state index contributed by atoms with van der Waals surface area (Å²) in [5, 5.41) is 32.4. The van der Waals surface area contributed by atoms with E-state index in [2.05, 4.69) is 30.9 Å². The number of carboxylic acids is 1. The van der Waals surface area contributed by atoms with Gasteiger partial charge in [-0.25, -0.2) is 0 Å². The van der Waals surface area contributed by atoms with Gasteiger partial charge in [0.05, 0.1) is 39.8 Å². The quantitative estimate of drug-likeness (QED) is 0.158. The molecule has 4 aromatic rings. The van der Waals surface area contributed by atoms with Crippen molar-refractivity contribution in [2.24, 2.45) is 0 Å². The number of aliphatic hydroxyl groups is 1. The number of aryl methyl sites for hydroxylation is 1. The maximum atomic E-state index is 13.2. The van der Waals surface area contributed by atoms with Gasteiger partial charge in [0.2, 0.25) is 0 Å². The van der Waals surface area contributed by atoms with Gasteiger partial charge in [0.1, 0.15) is 5.69 Å². The number of benzene rings is 2. The fraction of sp³-hybridized carbons (Fsp3) is 0.303. The first-order valence-corrected chi connectivity index (χ1v) is 16.0. The van der Waals surface area contributed by atoms with Crippen LogP contribution in [0.2, 0.25) is 10.0 Å². The van der Waals surface area contributed by atoms with Crippen molar-refractivity contribution >= 4 is 52.4 Å². The number of aliphatic hydroxyl groups excluding tert-OH is 1. The van der Waals surface area contributed by atoms with E-state index in [-0.39, 0.29) is 40.1 Å². The fourth-order valence-electron chi connectivity index (χ4n) is 5.92. The summed E-state index contributed by atoms with van der Waals surface area (Å²) in [6, 6.07) is 15.3. The Morgan fingerprint density at radius 1 is 0.894 bits per heavy atom. The van der Waals surface area contributed by atoms with Crippen LogP contribution in [-0.2, 0) is 17.9 Å². The van der Waals surface area contributed by atoms with Crippen LogP contribution in [0.1, 0.15) is 57.5 Å². The Hall–Kier alpha value is -4.33. The number of β-amino-alcohol motifs (C(OH)–C–C–N with tert-alkyl or cyclic N) is 1. The summed E-state index contributed by atoms with van der Waals surface area (Å²) in [5.41, 5.74) is 3.91. The molecule has 0 aliphatic carbocycles. The fourth-order valence-corrected chi connectivity index (χ4v) is 6.47. The Balaban J connectivity index is 1.15. The molecule has 1 saturated heterocycles. The average molecular weight is 679 g/mol. The first-order chi connectivity index (χ1) is 22.7. The Labute approximate surface area is 280 Å². The lowest BCUT2D eigenvalue weighted by Crippen LogP contribution is -2.31. The van der Waals surface area contributed by atoms with E-state index in [0.717, 1.165) is 37.1 Å². The van der Waals surface area contributed by atoms with Crippen molar-refractivity contribution in [2.45, 2.75) is 44.5 Å². The lowest BCUT2D eigenvalue weighted by molar-refractivity contribution is -0.136. The summed E-state index contributed by atoms with van der Waals surface area (Å²) < 4.78 is 1.72. The molecule has 1 fully saturated rings. The largest absolute Gasteiger partial charge is 0.480 e. The number of likely N-dealkylation sites (tertiary alicyclic amines) is 1. The Kier molecular flexibility index (Phi) is 9.85. The van der Waals surface area contributed by atoms with Crippen molar-refractivity contribution in [1.29, 1.82) is 0 Å². The molecule has 2 amide bonds. The van der Waals surface area contributed by atoms with E-state index in [0.29, 0.717) is 42.1 Å². The molecule has 0 spiro atoms. The van der Waals surface area contributed by atoms with Gasteiger partial charge >= 0.3 is 5.97 Å². The number of aromatic nitrogens is 3. The van der Waals surface area contributed by atoms with Gasteiger partial charge in [-0.1, -0.05) is 53.5 Å². The molecule has 0 radical (unpaired) electrons. The highest BCUT2D eigenvalue weighted by atomic mass is 35.5. The van der Waals surface area contributed by atoms with Crippen LogP contribution in [-0.4, -0.2) is 73.4 Å². The summed E-state index contributed by atoms with van der Waals surface area (Å²) >= 11 is 13.6. The molecule has 2 aromatic carbocycles. The highest BCUT2D eigenvalue weighted by Gasteiger charge is 2.26. The predicted octanol–water partition coefficient (Wildman–Crippen LogP) is 4.83. The summed E-state index contributed by atoms with van der Waals surface area (Å²) in [6.07, 6.45) is 3.65. The summed E-state index contributed by atoms with van der Waals surface area (Å²) in [5.74, 6) is -1.85. The van der Waals surface area contributed by atoms with Crippen LogP contribution in [0.25, 0.3) is 11.1 Å². The zero-order valence-corrected chi connectivity index (χ0v) is 26.8. The maximum Gasteiger partial charge on any atom is 0.317 e. The summed E-state index contributed by atoms with van der Waals surface area (Å²) in [6.45, 7) is 2.53. The number of nitrogens with zero attached hydrogens (tertiary/aromatic N) is 4. The molecule has 47 heavy (non-hydrogen) atoms. The van der Waals surface area contributed by atoms with Crippen LogP contribution < -0.4 is 16.0 Å². The molecule has 2 aliphatic heterocycles. The number of carboxylic acid groups (broad SMARTS) is 1. The number of pyridine rings is 1. The number of anilines is 2. The number of aliphatic carboxylic acids is 1. The molecule has 244 valence electrons. The predicted molar refractivity (Wildman–Crippen MR) is 178 cm³/mol. The van der Waals surface area contributed by atoms with E-state index in [4.69, 9.17) is 28.3 Å². The molecular weight excluding hydrogens is 645 g/mol. The van der Waals surface area contributed by atoms with E-state index < -0.39 is 17.8 Å². The van der Waals surface area contributed by atoms with Gasteiger partial charge in [-0.2, -0.15) is 5.10 Å². The third-order valence-corrected chi connectivity index (χ3v) is 9.07. The van der Waals surface area contributed by atoms with Gasteiger partial charge in [0.15, 0.2) is 5.69 Å². The third-order valence-electron chi connectivity index (χ3n) is 8.26. The third kappa shape index (κ3) is 7.47. The number of halogens is 2. The topological polar surface area (TPSA) is 162 Å². The number of rotatable bonds is 10. The Bertz CT molecular complexity index is 1810. The van der Waals surface area contributed by atoms with Crippen molar-refractivity contribution in [3.63, 3.8) is 0 Å². The van der Waals surface area contributed by atoms with Crippen LogP contribution in [0, 0.1) is 0 Å². The first kappa shape index (κ1) is 32.6. The molecule has 2 aromatic heterocycles. The average Bonchev–Trinajstić information content (AvgIpc) is 3.68. The normalized spacial score (nSPS) is 17.7. The van der Waals surface area contributed by atoms with Crippen LogP contribution in [0.3, 0.4) is 0 Å². The van der Waals surface area contributed by atoms with Crippen LogP contribution in [0.15, 0.2) is 60.8 Å². The number of amides is 2. The molecule has 4 heterocycles. The maximum absolute atomic E-state index is 13.2. The summed E-state index contributed by atoms with van der Waals surface area (Å²) in [7, 11) is 0. The van der Waals surface area contributed by atoms with Gasteiger partial charge in [0, 0.05) is 49.5 Å². The number of fused-ring (bicyclic) bond motifs is 1. The van der Waals surface area contributed by atoms with E-state index in [1.54, 1.807) is 59.4 Å². The van der Waals surface area contributed by atoms with E-state index >= 15 is 0 Å². The van der Waals surface area contributed by atoms with Crippen molar-refractivity contribution < 1.29 is 24.6 Å². The van der Waals surface area contributed by atoms with Crippen LogP contribution in [0.4, 0.5) is 11.4 Å². The zero-order valence-electron chi connectivity index (χ0n) is 25.2. The van der Waals surface area contributed by atoms with Gasteiger partial charge in [0.25, 0.3) is 11.8 Å². The molecule has 2 atom stereocenters. The monoisotopic (exact) mass is 677 g/mol. The standard InChI is InChI=1S/C33H33Cl2N7O5/c34-30-21(4-1-6-24(30)38-32(46)26-10-9-19(15-36-26)17-41-13-11-20(43)18-41)22-5-2-7-25(31(22)35)39-33(47)27-14-28-23(37-16-29(44)45)8-3-12-42(28)40-27/h1-2,4-7,9-10,14-15,20,23,37,43H,3,8,11-13,16-18H2,(H,38,46)(H,39,47)(H,44,45)/t20-,23-/m1/s1. The first-order valence-electron chi connectivity index (χ1n) is 15.2. The molecule has 2 aliphatic rings. The molecule has 0 bridgehead atoms. The second-order valence-electron chi connectivity index (χ2n) is 11.6. The van der Waals surface area contributed by atoms with E-state index in [1.807, 2.05) is 6.07 Å². The number of hydrogen-bond acceptors (Lipinski definition) is 8. The molecule has 0 saturated carbocycles. The molecule has 5 N–H and O–H groups in total. The van der Waals surface area contributed by atoms with Crippen molar-refractivity contribution in [3.05, 3.63) is 93.5 Å². The van der Waals surface area contributed by atoms with Gasteiger partial charge in [-0.3, -0.25) is 34.3 Å². The molecular formula is C33H33Cl2N7O5. The minimum absolute atomic E-state index is 0.185. The van der Waals surface area contributed by atoms with Crippen molar-refractivity contribution in [3.8, 4) is 11.1 Å². The number of carbonyl (C=O) groups is 3. The van der Waals surface area contributed by atoms with Crippen LogP contribution in [0.5, 0.6) is 0 Å². The molecule has 14 heteroatoms. The second-order valence-corrected chi connectivity index (χ2v) is 12.4.